The highest BCUT2D eigenvalue weighted by Gasteiger charge is 2.52. The number of aromatic nitrogens is 5. The summed E-state index contributed by atoms with van der Waals surface area (Å²) in [5, 5.41) is 17.2. The molecular weight excluding hydrogens is 712 g/mol. The van der Waals surface area contributed by atoms with Crippen LogP contribution < -0.4 is 10.6 Å². The Morgan fingerprint density at radius 1 is 0.852 bits per heavy atom. The number of halogens is 6. The molecule has 2 aliphatic heterocycles. The summed E-state index contributed by atoms with van der Waals surface area (Å²) in [5.74, 6) is -2.00. The standard InChI is InChI=1S/C39H37F6N7O2/c1-19-30-34(48-24-13-35(2,3)15-26(54)31(24)37(30,5)20-9-7-6-8-10-20)51-52(19)18-36(4)14-23-28(25(53)16-36)27(21-17-46-12-11-22(21)38(40,41)42)29-32(39(43,44)45)49-50-33(29)47-23/h6-12,17,27H,13-16,18H2,1-5H3,(H,48,51)(H2,47,49,50). The second-order valence-electron chi connectivity index (χ2n) is 16.2. The fourth-order valence-electron chi connectivity index (χ4n) is 9.31. The monoisotopic (exact) mass is 749 g/mol. The Kier molecular flexibility index (Phi) is 7.72. The molecule has 5 heterocycles. The van der Waals surface area contributed by atoms with Crippen molar-refractivity contribution in [1.29, 1.82) is 0 Å². The SMILES string of the molecule is Cc1c2c(nn1CC1(C)CC(=O)C3=C(C1)Nc1n[nH]c(C(F)(F)F)c1C3c1cnccc1C(F)(F)F)NC1=C(C(=O)CC(C)(C)C1)C2(C)c1ccccc1. The van der Waals surface area contributed by atoms with Gasteiger partial charge in [0.1, 0.15) is 5.69 Å². The van der Waals surface area contributed by atoms with Crippen LogP contribution in [0.1, 0.15) is 98.5 Å². The van der Waals surface area contributed by atoms with Crippen LogP contribution in [0, 0.1) is 17.8 Å². The van der Waals surface area contributed by atoms with Gasteiger partial charge in [0.15, 0.2) is 23.2 Å². The second-order valence-corrected chi connectivity index (χ2v) is 16.2. The number of rotatable bonds is 4. The molecule has 54 heavy (non-hydrogen) atoms. The van der Waals surface area contributed by atoms with Gasteiger partial charge in [0.25, 0.3) is 0 Å². The summed E-state index contributed by atoms with van der Waals surface area (Å²) in [4.78, 5) is 32.1. The third-order valence-corrected chi connectivity index (χ3v) is 11.5. The zero-order valence-corrected chi connectivity index (χ0v) is 30.1. The van der Waals surface area contributed by atoms with Crippen LogP contribution in [0.25, 0.3) is 0 Å². The molecule has 0 fully saturated rings. The topological polar surface area (TPSA) is 118 Å². The van der Waals surface area contributed by atoms with Crippen LogP contribution in [0.5, 0.6) is 0 Å². The summed E-state index contributed by atoms with van der Waals surface area (Å²) in [7, 11) is 0. The summed E-state index contributed by atoms with van der Waals surface area (Å²) in [5.41, 5.74) is -1.70. The average molecular weight is 750 g/mol. The molecule has 1 aromatic carbocycles. The van der Waals surface area contributed by atoms with Gasteiger partial charge in [0.05, 0.1) is 11.0 Å². The third-order valence-electron chi connectivity index (χ3n) is 11.5. The van der Waals surface area contributed by atoms with Gasteiger partial charge in [-0.2, -0.15) is 36.5 Å². The molecule has 4 aliphatic rings. The first kappa shape index (κ1) is 35.8. The van der Waals surface area contributed by atoms with E-state index in [4.69, 9.17) is 5.10 Å². The van der Waals surface area contributed by atoms with Crippen molar-refractivity contribution in [3.63, 3.8) is 0 Å². The third kappa shape index (κ3) is 5.48. The Balaban J connectivity index is 1.22. The fraction of sp³-hybridized carbons (Fsp3) is 0.410. The maximum atomic E-state index is 14.4. The van der Waals surface area contributed by atoms with Crippen LogP contribution in [0.2, 0.25) is 0 Å². The minimum absolute atomic E-state index is 0.0499. The van der Waals surface area contributed by atoms with Crippen molar-refractivity contribution >= 4 is 23.2 Å². The zero-order chi connectivity index (χ0) is 38.7. The van der Waals surface area contributed by atoms with E-state index in [2.05, 4.69) is 34.6 Å². The highest BCUT2D eigenvalue weighted by Crippen LogP contribution is 2.56. The van der Waals surface area contributed by atoms with E-state index in [1.165, 1.54) is 0 Å². The number of hydrogen-bond donors (Lipinski definition) is 3. The van der Waals surface area contributed by atoms with Gasteiger partial charge in [0, 0.05) is 77.1 Å². The normalized spacial score (nSPS) is 25.1. The number of benzene rings is 1. The predicted molar refractivity (Wildman–Crippen MR) is 186 cm³/mol. The lowest BCUT2D eigenvalue weighted by Crippen LogP contribution is -2.42. The molecule has 0 amide bonds. The van der Waals surface area contributed by atoms with Crippen molar-refractivity contribution in [2.75, 3.05) is 10.6 Å². The number of anilines is 2. The number of ketones is 2. The average Bonchev–Trinajstić information content (AvgIpc) is 3.63. The molecule has 0 saturated heterocycles. The fourth-order valence-corrected chi connectivity index (χ4v) is 9.31. The Hall–Kier alpha value is -5.21. The molecular formula is C39H37F6N7O2. The van der Waals surface area contributed by atoms with Crippen molar-refractivity contribution in [3.05, 3.63) is 111 Å². The lowest BCUT2D eigenvalue weighted by Gasteiger charge is -2.43. The Morgan fingerprint density at radius 2 is 1.56 bits per heavy atom. The minimum Gasteiger partial charge on any atom is -0.342 e. The molecule has 282 valence electrons. The lowest BCUT2D eigenvalue weighted by molar-refractivity contribution is -0.142. The Labute approximate surface area is 306 Å². The smallest absolute Gasteiger partial charge is 0.342 e. The van der Waals surface area contributed by atoms with Crippen LogP contribution >= 0.6 is 0 Å². The summed E-state index contributed by atoms with van der Waals surface area (Å²) in [6, 6.07) is 10.4. The number of hydrogen-bond acceptors (Lipinski definition) is 7. The van der Waals surface area contributed by atoms with E-state index < -0.39 is 57.3 Å². The number of alkyl halides is 6. The number of carbonyl (C=O) groups excluding carboxylic acids is 2. The van der Waals surface area contributed by atoms with Gasteiger partial charge < -0.3 is 10.6 Å². The first-order chi connectivity index (χ1) is 25.2. The molecule has 0 saturated carbocycles. The quantitative estimate of drug-likeness (QED) is 0.179. The van der Waals surface area contributed by atoms with Gasteiger partial charge in [-0.25, -0.2) is 0 Å². The van der Waals surface area contributed by atoms with Crippen molar-refractivity contribution in [3.8, 4) is 0 Å². The largest absolute Gasteiger partial charge is 0.433 e. The molecule has 0 radical (unpaired) electrons. The molecule has 0 spiro atoms. The lowest BCUT2D eigenvalue weighted by atomic mass is 9.61. The van der Waals surface area contributed by atoms with Crippen molar-refractivity contribution in [1.82, 2.24) is 25.0 Å². The van der Waals surface area contributed by atoms with E-state index in [-0.39, 0.29) is 47.7 Å². The van der Waals surface area contributed by atoms with E-state index in [0.717, 1.165) is 34.9 Å². The van der Waals surface area contributed by atoms with Gasteiger partial charge in [-0.1, -0.05) is 51.1 Å². The van der Waals surface area contributed by atoms with Crippen LogP contribution in [0.3, 0.4) is 0 Å². The zero-order valence-electron chi connectivity index (χ0n) is 30.1. The summed E-state index contributed by atoms with van der Waals surface area (Å²) in [6.45, 7) is 10.1. The van der Waals surface area contributed by atoms with Crippen LogP contribution in [-0.4, -0.2) is 36.5 Å². The maximum absolute atomic E-state index is 14.4. The van der Waals surface area contributed by atoms with Crippen LogP contribution in [0.4, 0.5) is 38.0 Å². The van der Waals surface area contributed by atoms with E-state index >= 15 is 0 Å². The van der Waals surface area contributed by atoms with E-state index in [9.17, 15) is 35.9 Å². The molecule has 4 aromatic rings. The van der Waals surface area contributed by atoms with Gasteiger partial charge >= 0.3 is 12.4 Å². The van der Waals surface area contributed by atoms with Gasteiger partial charge in [-0.3, -0.25) is 24.4 Å². The highest BCUT2D eigenvalue weighted by atomic mass is 19.4. The first-order valence-corrected chi connectivity index (χ1v) is 17.6. The van der Waals surface area contributed by atoms with Gasteiger partial charge in [-0.05, 0) is 54.7 Å². The number of nitrogens with one attached hydrogen (secondary N) is 3. The van der Waals surface area contributed by atoms with Crippen molar-refractivity contribution in [2.45, 2.75) is 90.5 Å². The number of fused-ring (bicyclic) bond motifs is 2. The van der Waals surface area contributed by atoms with E-state index in [0.29, 0.717) is 30.3 Å². The first-order valence-electron chi connectivity index (χ1n) is 17.6. The number of aromatic amines is 1. The molecule has 3 atom stereocenters. The van der Waals surface area contributed by atoms with Crippen LogP contribution in [-0.2, 0) is 33.9 Å². The van der Waals surface area contributed by atoms with Crippen LogP contribution in [0.15, 0.2) is 71.3 Å². The maximum Gasteiger partial charge on any atom is 0.433 e. The molecule has 2 aliphatic carbocycles. The Morgan fingerprint density at radius 3 is 2.24 bits per heavy atom. The van der Waals surface area contributed by atoms with Gasteiger partial charge in [0.2, 0.25) is 0 Å². The Bertz CT molecular complexity index is 2320. The molecule has 3 N–H and O–H groups in total. The summed E-state index contributed by atoms with van der Waals surface area (Å²) in [6.07, 6.45) is -7.23. The van der Waals surface area contributed by atoms with Gasteiger partial charge in [-0.15, -0.1) is 0 Å². The molecule has 0 bridgehead atoms. The minimum atomic E-state index is -5.00. The number of allylic oxidation sites excluding steroid dienone is 4. The molecule has 15 heteroatoms. The molecule has 8 rings (SSSR count). The predicted octanol–water partition coefficient (Wildman–Crippen LogP) is 8.60. The highest BCUT2D eigenvalue weighted by molar-refractivity contribution is 6.03. The second kappa shape index (κ2) is 11.6. The number of H-pyrrole nitrogens is 1. The molecule has 3 aromatic heterocycles. The van der Waals surface area contributed by atoms with E-state index in [1.54, 1.807) is 4.68 Å². The number of nitrogens with zero attached hydrogens (tertiary/aromatic N) is 4. The number of Topliss-reactive ketones (excluding diaryl/α,β-unsaturated/α-hetero) is 2. The molecule has 9 nitrogen and oxygen atoms in total. The number of pyridine rings is 1. The van der Waals surface area contributed by atoms with Crippen molar-refractivity contribution in [2.24, 2.45) is 10.8 Å². The van der Waals surface area contributed by atoms with Crippen molar-refractivity contribution < 1.29 is 35.9 Å². The molecule has 3 unspecified atom stereocenters. The van der Waals surface area contributed by atoms with E-state index in [1.807, 2.05) is 56.2 Å². The summed E-state index contributed by atoms with van der Waals surface area (Å²) < 4.78 is 87.8. The summed E-state index contributed by atoms with van der Waals surface area (Å²) >= 11 is 0. The number of carbonyl (C=O) groups is 2.